The molecule has 7 heteroatoms. The molecule has 0 radical (unpaired) electrons. The first kappa shape index (κ1) is 20.6. The van der Waals surface area contributed by atoms with Gasteiger partial charge in [-0.25, -0.2) is 4.39 Å². The number of ether oxygens (including phenoxy) is 2. The Labute approximate surface area is 179 Å². The number of fused-ring (bicyclic) bond motifs is 1. The second kappa shape index (κ2) is 9.00. The average molecular weight is 429 g/mol. The average Bonchev–Trinajstić information content (AvgIpc) is 3.17. The fraction of sp³-hybridized carbons (Fsp3) is 0.391. The van der Waals surface area contributed by atoms with Gasteiger partial charge in [0, 0.05) is 25.9 Å². The van der Waals surface area contributed by atoms with Gasteiger partial charge in [0.05, 0.1) is 4.70 Å². The number of halogens is 1. The fourth-order valence-electron chi connectivity index (χ4n) is 3.50. The second-order valence-corrected chi connectivity index (χ2v) is 8.77. The monoisotopic (exact) mass is 428 g/mol. The molecule has 0 bridgehead atoms. The minimum absolute atomic E-state index is 0.0246. The van der Waals surface area contributed by atoms with Gasteiger partial charge < -0.3 is 14.4 Å². The number of likely N-dealkylation sites (tertiary alicyclic amines) is 1. The van der Waals surface area contributed by atoms with Crippen LogP contribution in [0.1, 0.15) is 38.2 Å². The van der Waals surface area contributed by atoms with E-state index in [1.54, 1.807) is 11.0 Å². The second-order valence-electron chi connectivity index (χ2n) is 7.78. The van der Waals surface area contributed by atoms with E-state index in [-0.39, 0.29) is 24.4 Å². The number of hydrogen-bond acceptors (Lipinski definition) is 5. The van der Waals surface area contributed by atoms with E-state index >= 15 is 0 Å². The number of thiazole rings is 1. The number of piperidine rings is 1. The lowest BCUT2D eigenvalue weighted by atomic mass is 10.0. The SMILES string of the molecule is CC(C)c1ccc(OCC(=O)N2CCC(Oc3nc4c(F)cccc4s3)CC2)cc1. The lowest BCUT2D eigenvalue weighted by Crippen LogP contribution is -2.43. The number of carbonyl (C=O) groups excluding carboxylic acids is 1. The van der Waals surface area contributed by atoms with E-state index < -0.39 is 0 Å². The number of carbonyl (C=O) groups is 1. The maximum atomic E-state index is 13.8. The minimum Gasteiger partial charge on any atom is -0.484 e. The van der Waals surface area contributed by atoms with Crippen molar-refractivity contribution >= 4 is 27.5 Å². The molecule has 1 aliphatic rings. The van der Waals surface area contributed by atoms with Gasteiger partial charge in [-0.1, -0.05) is 43.4 Å². The first-order valence-electron chi connectivity index (χ1n) is 10.2. The highest BCUT2D eigenvalue weighted by molar-refractivity contribution is 7.20. The van der Waals surface area contributed by atoms with Crippen molar-refractivity contribution in [3.63, 3.8) is 0 Å². The van der Waals surface area contributed by atoms with Crippen LogP contribution in [0.4, 0.5) is 4.39 Å². The highest BCUT2D eigenvalue weighted by Crippen LogP contribution is 2.31. The van der Waals surface area contributed by atoms with Gasteiger partial charge in [0.2, 0.25) is 0 Å². The van der Waals surface area contributed by atoms with Crippen molar-refractivity contribution in [3.8, 4) is 10.9 Å². The summed E-state index contributed by atoms with van der Waals surface area (Å²) in [4.78, 5) is 18.5. The van der Waals surface area contributed by atoms with Crippen molar-refractivity contribution < 1.29 is 18.7 Å². The van der Waals surface area contributed by atoms with Crippen molar-refractivity contribution in [1.82, 2.24) is 9.88 Å². The van der Waals surface area contributed by atoms with Crippen LogP contribution in [0.15, 0.2) is 42.5 Å². The third kappa shape index (κ3) is 4.73. The Morgan fingerprint density at radius 2 is 1.93 bits per heavy atom. The molecule has 4 rings (SSSR count). The lowest BCUT2D eigenvalue weighted by Gasteiger charge is -2.31. The van der Waals surface area contributed by atoms with E-state index in [1.807, 2.05) is 30.3 Å². The Morgan fingerprint density at radius 3 is 2.60 bits per heavy atom. The summed E-state index contributed by atoms with van der Waals surface area (Å²) in [6.45, 7) is 5.53. The van der Waals surface area contributed by atoms with E-state index in [4.69, 9.17) is 9.47 Å². The maximum Gasteiger partial charge on any atom is 0.274 e. The summed E-state index contributed by atoms with van der Waals surface area (Å²) in [5.41, 5.74) is 1.59. The van der Waals surface area contributed by atoms with Crippen LogP contribution in [0.5, 0.6) is 10.9 Å². The van der Waals surface area contributed by atoms with Gasteiger partial charge in [0.25, 0.3) is 11.1 Å². The Balaban J connectivity index is 1.25. The smallest absolute Gasteiger partial charge is 0.274 e. The molecule has 0 aliphatic carbocycles. The van der Waals surface area contributed by atoms with E-state index in [1.165, 1.54) is 23.0 Å². The first-order valence-corrected chi connectivity index (χ1v) is 11.0. The van der Waals surface area contributed by atoms with Gasteiger partial charge in [-0.05, 0) is 35.7 Å². The van der Waals surface area contributed by atoms with E-state index in [2.05, 4.69) is 18.8 Å². The summed E-state index contributed by atoms with van der Waals surface area (Å²) in [7, 11) is 0. The van der Waals surface area contributed by atoms with Crippen LogP contribution in [0.2, 0.25) is 0 Å². The fourth-order valence-corrected chi connectivity index (χ4v) is 4.39. The molecule has 158 valence electrons. The number of rotatable bonds is 6. The molecule has 0 atom stereocenters. The highest BCUT2D eigenvalue weighted by Gasteiger charge is 2.25. The normalized spacial score (nSPS) is 15.0. The minimum atomic E-state index is -0.335. The molecule has 0 saturated carbocycles. The largest absolute Gasteiger partial charge is 0.484 e. The van der Waals surface area contributed by atoms with Gasteiger partial charge in [-0.2, -0.15) is 4.98 Å². The molecule has 2 heterocycles. The van der Waals surface area contributed by atoms with Gasteiger partial charge >= 0.3 is 0 Å². The molecule has 0 spiro atoms. The summed E-state index contributed by atoms with van der Waals surface area (Å²) < 4.78 is 26.2. The number of benzene rings is 2. The number of para-hydroxylation sites is 1. The van der Waals surface area contributed by atoms with Gasteiger partial charge in [-0.3, -0.25) is 4.79 Å². The molecule has 1 aromatic heterocycles. The van der Waals surface area contributed by atoms with Gasteiger partial charge in [-0.15, -0.1) is 0 Å². The zero-order valence-corrected chi connectivity index (χ0v) is 18.0. The van der Waals surface area contributed by atoms with Crippen LogP contribution in [0, 0.1) is 5.82 Å². The van der Waals surface area contributed by atoms with Crippen LogP contribution in [0.25, 0.3) is 10.2 Å². The van der Waals surface area contributed by atoms with Crippen LogP contribution in [0.3, 0.4) is 0 Å². The quantitative estimate of drug-likeness (QED) is 0.554. The van der Waals surface area contributed by atoms with E-state index in [0.717, 1.165) is 4.70 Å². The molecule has 2 aromatic carbocycles. The molecule has 1 aliphatic heterocycles. The molecule has 3 aromatic rings. The maximum absolute atomic E-state index is 13.8. The standard InChI is InChI=1S/C23H25FN2O3S/c1-15(2)16-6-8-17(9-7-16)28-14-21(27)26-12-10-18(11-13-26)29-23-25-22-19(24)4-3-5-20(22)30-23/h3-9,15,18H,10-14H2,1-2H3. The predicted octanol–water partition coefficient (Wildman–Crippen LogP) is 5.01. The Morgan fingerprint density at radius 1 is 1.20 bits per heavy atom. The number of hydrogen-bond donors (Lipinski definition) is 0. The highest BCUT2D eigenvalue weighted by atomic mass is 32.1. The third-order valence-electron chi connectivity index (χ3n) is 5.32. The van der Waals surface area contributed by atoms with Crippen molar-refractivity contribution in [1.29, 1.82) is 0 Å². The molecular formula is C23H25FN2O3S. The van der Waals surface area contributed by atoms with Crippen LogP contribution < -0.4 is 9.47 Å². The van der Waals surface area contributed by atoms with Crippen molar-refractivity contribution in [2.24, 2.45) is 0 Å². The van der Waals surface area contributed by atoms with Crippen LogP contribution in [-0.2, 0) is 4.79 Å². The molecule has 5 nitrogen and oxygen atoms in total. The van der Waals surface area contributed by atoms with Crippen molar-refractivity contribution in [3.05, 3.63) is 53.8 Å². The number of amides is 1. The summed E-state index contributed by atoms with van der Waals surface area (Å²) in [6, 6.07) is 12.8. The van der Waals surface area contributed by atoms with Crippen LogP contribution >= 0.6 is 11.3 Å². The summed E-state index contributed by atoms with van der Waals surface area (Å²) in [5, 5.41) is 0.480. The molecule has 1 fully saturated rings. The Kier molecular flexibility index (Phi) is 6.18. The molecule has 1 saturated heterocycles. The number of aromatic nitrogens is 1. The zero-order chi connectivity index (χ0) is 21.1. The Hall–Kier alpha value is -2.67. The van der Waals surface area contributed by atoms with Crippen molar-refractivity contribution in [2.45, 2.75) is 38.7 Å². The van der Waals surface area contributed by atoms with E-state index in [0.29, 0.717) is 48.3 Å². The topological polar surface area (TPSA) is 51.7 Å². The summed E-state index contributed by atoms with van der Waals surface area (Å²) in [5.74, 6) is 0.807. The lowest BCUT2D eigenvalue weighted by molar-refractivity contribution is -0.135. The zero-order valence-electron chi connectivity index (χ0n) is 17.1. The molecule has 30 heavy (non-hydrogen) atoms. The third-order valence-corrected chi connectivity index (χ3v) is 6.23. The Bertz CT molecular complexity index is 1010. The summed E-state index contributed by atoms with van der Waals surface area (Å²) in [6.07, 6.45) is 1.41. The van der Waals surface area contributed by atoms with Crippen LogP contribution in [-0.4, -0.2) is 41.6 Å². The molecule has 0 unspecified atom stereocenters. The summed E-state index contributed by atoms with van der Waals surface area (Å²) >= 11 is 1.35. The molecule has 0 N–H and O–H groups in total. The van der Waals surface area contributed by atoms with Gasteiger partial charge in [0.15, 0.2) is 6.61 Å². The van der Waals surface area contributed by atoms with E-state index in [9.17, 15) is 9.18 Å². The predicted molar refractivity (Wildman–Crippen MR) is 116 cm³/mol. The molecule has 1 amide bonds. The first-order chi connectivity index (χ1) is 14.5. The molecular weight excluding hydrogens is 403 g/mol. The number of nitrogens with zero attached hydrogens (tertiary/aromatic N) is 2. The van der Waals surface area contributed by atoms with Gasteiger partial charge in [0.1, 0.15) is 23.2 Å². The van der Waals surface area contributed by atoms with Crippen molar-refractivity contribution in [2.75, 3.05) is 19.7 Å².